The van der Waals surface area contributed by atoms with E-state index in [2.05, 4.69) is 20.6 Å². The molecule has 6 nitrogen and oxygen atoms in total. The van der Waals surface area contributed by atoms with E-state index >= 15 is 0 Å². The molecule has 1 aromatic heterocycles. The van der Waals surface area contributed by atoms with Crippen LogP contribution in [0.1, 0.15) is 25.0 Å². The Morgan fingerprint density at radius 1 is 1.47 bits per heavy atom. The second-order valence-electron chi connectivity index (χ2n) is 4.55. The molecule has 19 heavy (non-hydrogen) atoms. The van der Waals surface area contributed by atoms with Crippen LogP contribution < -0.4 is 10.6 Å². The Morgan fingerprint density at radius 2 is 2.32 bits per heavy atom. The second kappa shape index (κ2) is 7.81. The van der Waals surface area contributed by atoms with E-state index in [-0.39, 0.29) is 5.91 Å². The lowest BCUT2D eigenvalue weighted by Gasteiger charge is -2.22. The van der Waals surface area contributed by atoms with Gasteiger partial charge in [0.05, 0.1) is 24.9 Å². The van der Waals surface area contributed by atoms with Crippen LogP contribution in [0.2, 0.25) is 0 Å². The molecule has 1 aliphatic heterocycles. The normalized spacial score (nSPS) is 16.2. The van der Waals surface area contributed by atoms with Gasteiger partial charge in [-0.2, -0.15) is 0 Å². The zero-order valence-corrected chi connectivity index (χ0v) is 11.0. The van der Waals surface area contributed by atoms with Gasteiger partial charge in [-0.3, -0.25) is 4.79 Å². The Bertz CT molecular complexity index is 379. The number of carbonyl (C=O) groups excluding carboxylic acids is 1. The van der Waals surface area contributed by atoms with Crippen LogP contribution in [-0.4, -0.2) is 41.7 Å². The summed E-state index contributed by atoms with van der Waals surface area (Å²) < 4.78 is 5.68. The minimum Gasteiger partial charge on any atom is -0.378 e. The second-order valence-corrected chi connectivity index (χ2v) is 4.55. The van der Waals surface area contributed by atoms with Crippen molar-refractivity contribution >= 4 is 5.91 Å². The van der Waals surface area contributed by atoms with Crippen LogP contribution in [0.25, 0.3) is 0 Å². The first-order chi connectivity index (χ1) is 9.34. The molecule has 0 aromatic carbocycles. The molecular formula is C13H20N4O2. The van der Waals surface area contributed by atoms with Crippen LogP contribution >= 0.6 is 0 Å². The number of hydrogen-bond acceptors (Lipinski definition) is 5. The van der Waals surface area contributed by atoms with Gasteiger partial charge in [-0.15, -0.1) is 0 Å². The quantitative estimate of drug-likeness (QED) is 0.770. The van der Waals surface area contributed by atoms with Crippen LogP contribution in [0.4, 0.5) is 0 Å². The van der Waals surface area contributed by atoms with Gasteiger partial charge in [-0.25, -0.2) is 9.97 Å². The van der Waals surface area contributed by atoms with Crippen LogP contribution in [0.5, 0.6) is 0 Å². The summed E-state index contributed by atoms with van der Waals surface area (Å²) in [6, 6.07) is 1.78. The molecule has 1 aromatic rings. The first-order valence-corrected chi connectivity index (χ1v) is 6.68. The predicted molar refractivity (Wildman–Crippen MR) is 70.3 cm³/mol. The van der Waals surface area contributed by atoms with E-state index in [4.69, 9.17) is 4.74 Å². The summed E-state index contributed by atoms with van der Waals surface area (Å²) in [5.41, 5.74) is 0.808. The molecule has 104 valence electrons. The topological polar surface area (TPSA) is 76.1 Å². The van der Waals surface area contributed by atoms with Gasteiger partial charge in [0.2, 0.25) is 5.91 Å². The standard InChI is InChI=1S/C13H20N4O2/c18-13(16-9-11-1-5-15-10-17-11)4-8-19-12-2-6-14-7-3-12/h1,5,10,12,14H,2-4,6-9H2,(H,16,18). The third kappa shape index (κ3) is 5.32. The number of rotatable bonds is 6. The third-order valence-corrected chi connectivity index (χ3v) is 3.08. The number of aromatic nitrogens is 2. The van der Waals surface area contributed by atoms with Crippen molar-refractivity contribution < 1.29 is 9.53 Å². The number of nitrogens with one attached hydrogen (secondary N) is 2. The van der Waals surface area contributed by atoms with Gasteiger partial charge in [-0.1, -0.05) is 0 Å². The molecule has 1 saturated heterocycles. The molecular weight excluding hydrogens is 244 g/mol. The van der Waals surface area contributed by atoms with Crippen molar-refractivity contribution in [2.24, 2.45) is 0 Å². The molecule has 0 atom stereocenters. The van der Waals surface area contributed by atoms with Crippen molar-refractivity contribution in [1.82, 2.24) is 20.6 Å². The fraction of sp³-hybridized carbons (Fsp3) is 0.615. The summed E-state index contributed by atoms with van der Waals surface area (Å²) in [7, 11) is 0. The van der Waals surface area contributed by atoms with Crippen LogP contribution in [0.15, 0.2) is 18.6 Å². The monoisotopic (exact) mass is 264 g/mol. The first kappa shape index (κ1) is 13.9. The summed E-state index contributed by atoms with van der Waals surface area (Å²) in [4.78, 5) is 19.5. The number of carbonyl (C=O) groups is 1. The Labute approximate surface area is 113 Å². The average molecular weight is 264 g/mol. The van der Waals surface area contributed by atoms with E-state index in [1.807, 2.05) is 0 Å². The highest BCUT2D eigenvalue weighted by molar-refractivity contribution is 5.75. The summed E-state index contributed by atoms with van der Waals surface area (Å²) in [6.45, 7) is 2.93. The van der Waals surface area contributed by atoms with E-state index in [1.165, 1.54) is 6.33 Å². The van der Waals surface area contributed by atoms with Gasteiger partial charge >= 0.3 is 0 Å². The van der Waals surface area contributed by atoms with Crippen molar-refractivity contribution in [1.29, 1.82) is 0 Å². The molecule has 6 heteroatoms. The molecule has 2 heterocycles. The molecule has 0 radical (unpaired) electrons. The number of nitrogens with zero attached hydrogens (tertiary/aromatic N) is 2. The highest BCUT2D eigenvalue weighted by Crippen LogP contribution is 2.07. The van der Waals surface area contributed by atoms with Gasteiger partial charge in [0, 0.05) is 12.6 Å². The Hall–Kier alpha value is -1.53. The maximum atomic E-state index is 11.6. The molecule has 1 aliphatic rings. The highest BCUT2D eigenvalue weighted by Gasteiger charge is 2.13. The highest BCUT2D eigenvalue weighted by atomic mass is 16.5. The first-order valence-electron chi connectivity index (χ1n) is 6.68. The number of amides is 1. The molecule has 0 unspecified atom stereocenters. The maximum absolute atomic E-state index is 11.6. The molecule has 2 rings (SSSR count). The van der Waals surface area contributed by atoms with Gasteiger partial charge in [-0.05, 0) is 32.0 Å². The molecule has 2 N–H and O–H groups in total. The van der Waals surface area contributed by atoms with Crippen molar-refractivity contribution in [2.45, 2.75) is 31.9 Å². The minimum absolute atomic E-state index is 0.00690. The summed E-state index contributed by atoms with van der Waals surface area (Å²) in [6.07, 6.45) is 5.90. The Morgan fingerprint density at radius 3 is 3.05 bits per heavy atom. The third-order valence-electron chi connectivity index (χ3n) is 3.08. The smallest absolute Gasteiger partial charge is 0.222 e. The molecule has 1 fully saturated rings. The van der Waals surface area contributed by atoms with Crippen molar-refractivity contribution in [3.8, 4) is 0 Å². The fourth-order valence-electron chi connectivity index (χ4n) is 1.98. The van der Waals surface area contributed by atoms with Crippen LogP contribution in [0, 0.1) is 0 Å². The predicted octanol–water partition coefficient (Wildman–Crippen LogP) is 0.252. The van der Waals surface area contributed by atoms with Gasteiger partial charge in [0.1, 0.15) is 6.33 Å². The van der Waals surface area contributed by atoms with E-state index in [1.54, 1.807) is 12.3 Å². The van der Waals surface area contributed by atoms with Gasteiger partial charge < -0.3 is 15.4 Å². The molecule has 0 spiro atoms. The lowest BCUT2D eigenvalue weighted by Crippen LogP contribution is -2.33. The van der Waals surface area contributed by atoms with E-state index < -0.39 is 0 Å². The number of ether oxygens (including phenoxy) is 1. The molecule has 0 aliphatic carbocycles. The number of piperidine rings is 1. The maximum Gasteiger partial charge on any atom is 0.222 e. The van der Waals surface area contributed by atoms with Gasteiger partial charge in [0.15, 0.2) is 0 Å². The Balaban J connectivity index is 1.57. The van der Waals surface area contributed by atoms with Gasteiger partial charge in [0.25, 0.3) is 0 Å². The Kier molecular flexibility index (Phi) is 5.71. The zero-order valence-electron chi connectivity index (χ0n) is 11.0. The lowest BCUT2D eigenvalue weighted by atomic mass is 10.1. The van der Waals surface area contributed by atoms with Crippen molar-refractivity contribution in [2.75, 3.05) is 19.7 Å². The van der Waals surface area contributed by atoms with Crippen LogP contribution in [-0.2, 0) is 16.1 Å². The van der Waals surface area contributed by atoms with Crippen molar-refractivity contribution in [3.05, 3.63) is 24.3 Å². The molecule has 0 bridgehead atoms. The SMILES string of the molecule is O=C(CCOC1CCNCC1)NCc1ccncn1. The van der Waals surface area contributed by atoms with Crippen LogP contribution in [0.3, 0.4) is 0 Å². The van der Waals surface area contributed by atoms with Crippen molar-refractivity contribution in [3.63, 3.8) is 0 Å². The lowest BCUT2D eigenvalue weighted by molar-refractivity contribution is -0.122. The number of hydrogen-bond donors (Lipinski definition) is 2. The summed E-state index contributed by atoms with van der Waals surface area (Å²) in [5, 5.41) is 6.10. The van der Waals surface area contributed by atoms with E-state index in [0.717, 1.165) is 31.6 Å². The molecule has 1 amide bonds. The molecule has 0 saturated carbocycles. The van der Waals surface area contributed by atoms with E-state index in [9.17, 15) is 4.79 Å². The zero-order chi connectivity index (χ0) is 13.3. The van der Waals surface area contributed by atoms with E-state index in [0.29, 0.717) is 25.7 Å². The summed E-state index contributed by atoms with van der Waals surface area (Å²) >= 11 is 0. The summed E-state index contributed by atoms with van der Waals surface area (Å²) in [5.74, 6) is -0.00690. The minimum atomic E-state index is -0.00690. The largest absolute Gasteiger partial charge is 0.378 e. The average Bonchev–Trinajstić information content (AvgIpc) is 2.47. The fourth-order valence-corrected chi connectivity index (χ4v) is 1.98.